The van der Waals surface area contributed by atoms with Crippen molar-refractivity contribution < 1.29 is 0 Å². The van der Waals surface area contributed by atoms with Gasteiger partial charge < -0.3 is 10.7 Å². The molecule has 1 aromatic carbocycles. The van der Waals surface area contributed by atoms with Crippen molar-refractivity contribution in [2.45, 2.75) is 58.4 Å². The smallest absolute Gasteiger partial charge is 0.127 e. The molecule has 0 aliphatic heterocycles. The first-order valence-electron chi connectivity index (χ1n) is 7.78. The van der Waals surface area contributed by atoms with Crippen molar-refractivity contribution in [3.63, 3.8) is 0 Å². The second-order valence-corrected chi connectivity index (χ2v) is 6.57. The largest absolute Gasteiger partial charge is 0.340 e. The molecule has 108 valence electrons. The monoisotopic (exact) mass is 271 g/mol. The van der Waals surface area contributed by atoms with E-state index in [0.717, 1.165) is 35.6 Å². The third kappa shape index (κ3) is 2.24. The van der Waals surface area contributed by atoms with Crippen LogP contribution in [-0.2, 0) is 5.54 Å². The molecule has 3 nitrogen and oxygen atoms in total. The van der Waals surface area contributed by atoms with E-state index in [1.165, 1.54) is 30.4 Å². The number of nitrogens with zero attached hydrogens (tertiary/aromatic N) is 1. The molecule has 1 aromatic heterocycles. The number of H-pyrrole nitrogens is 1. The Hall–Kier alpha value is -1.35. The van der Waals surface area contributed by atoms with Gasteiger partial charge in [0.15, 0.2) is 0 Å². The minimum Gasteiger partial charge on any atom is -0.340 e. The Morgan fingerprint density at radius 1 is 1.30 bits per heavy atom. The molecule has 3 heteroatoms. The Labute approximate surface area is 121 Å². The number of aromatic nitrogens is 2. The Bertz CT molecular complexity index is 618. The maximum Gasteiger partial charge on any atom is 0.127 e. The number of hydrogen-bond donors (Lipinski definition) is 2. The van der Waals surface area contributed by atoms with E-state index >= 15 is 0 Å². The minimum absolute atomic E-state index is 0.259. The number of rotatable bonds is 2. The van der Waals surface area contributed by atoms with Crippen LogP contribution in [0.4, 0.5) is 0 Å². The van der Waals surface area contributed by atoms with E-state index in [1.807, 2.05) is 0 Å². The molecule has 3 N–H and O–H groups in total. The number of fused-ring (bicyclic) bond motifs is 1. The maximum absolute atomic E-state index is 6.66. The van der Waals surface area contributed by atoms with Crippen LogP contribution in [0.3, 0.4) is 0 Å². The zero-order chi connectivity index (χ0) is 14.3. The standard InChI is InChI=1S/C17H25N3/c1-4-13-5-7-17(18,8-6-13)16-19-14-10-11(2)9-12(3)15(14)20-16/h9-10,13H,4-8,18H2,1-3H3,(H,19,20). The first kappa shape index (κ1) is 13.6. The van der Waals surface area contributed by atoms with Crippen molar-refractivity contribution in [3.05, 3.63) is 29.1 Å². The van der Waals surface area contributed by atoms with Crippen LogP contribution in [0.1, 0.15) is 56.0 Å². The van der Waals surface area contributed by atoms with Gasteiger partial charge in [-0.2, -0.15) is 0 Å². The first-order chi connectivity index (χ1) is 9.51. The third-order valence-electron chi connectivity index (χ3n) is 4.97. The number of imidazole rings is 1. The maximum atomic E-state index is 6.66. The summed E-state index contributed by atoms with van der Waals surface area (Å²) in [6.07, 6.45) is 5.81. The van der Waals surface area contributed by atoms with E-state index in [2.05, 4.69) is 37.9 Å². The zero-order valence-corrected chi connectivity index (χ0v) is 12.8. The van der Waals surface area contributed by atoms with E-state index in [1.54, 1.807) is 0 Å². The fraction of sp³-hybridized carbons (Fsp3) is 0.588. The van der Waals surface area contributed by atoms with E-state index in [4.69, 9.17) is 10.7 Å². The second kappa shape index (κ2) is 4.88. The molecular weight excluding hydrogens is 246 g/mol. The Balaban J connectivity index is 1.96. The van der Waals surface area contributed by atoms with Crippen molar-refractivity contribution in [1.82, 2.24) is 9.97 Å². The van der Waals surface area contributed by atoms with Crippen molar-refractivity contribution in [2.24, 2.45) is 11.7 Å². The molecule has 2 aromatic rings. The van der Waals surface area contributed by atoms with Gasteiger partial charge >= 0.3 is 0 Å². The molecule has 0 spiro atoms. The molecule has 1 fully saturated rings. The lowest BCUT2D eigenvalue weighted by Crippen LogP contribution is -2.41. The SMILES string of the molecule is CCC1CCC(N)(c2nc3c(C)cc(C)cc3[nH]2)CC1. The second-order valence-electron chi connectivity index (χ2n) is 6.57. The molecule has 0 bridgehead atoms. The normalized spacial score (nSPS) is 27.1. The van der Waals surface area contributed by atoms with Gasteiger partial charge in [-0.1, -0.05) is 19.4 Å². The number of aryl methyl sites for hydroxylation is 2. The van der Waals surface area contributed by atoms with Gasteiger partial charge in [0.25, 0.3) is 0 Å². The van der Waals surface area contributed by atoms with Crippen LogP contribution < -0.4 is 5.73 Å². The van der Waals surface area contributed by atoms with Crippen molar-refractivity contribution >= 4 is 11.0 Å². The average Bonchev–Trinajstić information content (AvgIpc) is 2.84. The molecule has 0 radical (unpaired) electrons. The summed E-state index contributed by atoms with van der Waals surface area (Å²) in [5.41, 5.74) is 11.1. The lowest BCUT2D eigenvalue weighted by Gasteiger charge is -2.35. The zero-order valence-electron chi connectivity index (χ0n) is 12.8. The van der Waals surface area contributed by atoms with Crippen LogP contribution in [0.2, 0.25) is 0 Å². The molecule has 1 aliphatic carbocycles. The van der Waals surface area contributed by atoms with Gasteiger partial charge in [0, 0.05) is 0 Å². The predicted octanol–water partition coefficient (Wildman–Crippen LogP) is 3.93. The third-order valence-corrected chi connectivity index (χ3v) is 4.97. The fourth-order valence-electron chi connectivity index (χ4n) is 3.54. The Kier molecular flexibility index (Phi) is 3.33. The van der Waals surface area contributed by atoms with Crippen molar-refractivity contribution in [1.29, 1.82) is 0 Å². The number of nitrogens with one attached hydrogen (secondary N) is 1. The van der Waals surface area contributed by atoms with Crippen LogP contribution in [0, 0.1) is 19.8 Å². The topological polar surface area (TPSA) is 54.7 Å². The fourth-order valence-corrected chi connectivity index (χ4v) is 3.54. The summed E-state index contributed by atoms with van der Waals surface area (Å²) in [7, 11) is 0. The molecule has 0 saturated heterocycles. The summed E-state index contributed by atoms with van der Waals surface area (Å²) in [5.74, 6) is 1.83. The highest BCUT2D eigenvalue weighted by Crippen LogP contribution is 2.38. The van der Waals surface area contributed by atoms with E-state index in [9.17, 15) is 0 Å². The molecule has 1 aliphatic rings. The summed E-state index contributed by atoms with van der Waals surface area (Å²) >= 11 is 0. The van der Waals surface area contributed by atoms with Gasteiger partial charge in [0.2, 0.25) is 0 Å². The van der Waals surface area contributed by atoms with E-state index < -0.39 is 0 Å². The summed E-state index contributed by atoms with van der Waals surface area (Å²) in [6, 6.07) is 4.35. The highest BCUT2D eigenvalue weighted by atomic mass is 15.0. The highest BCUT2D eigenvalue weighted by molar-refractivity contribution is 5.79. The number of hydrogen-bond acceptors (Lipinski definition) is 2. The number of nitrogens with two attached hydrogens (primary N) is 1. The van der Waals surface area contributed by atoms with Crippen LogP contribution in [0.5, 0.6) is 0 Å². The van der Waals surface area contributed by atoms with Gasteiger partial charge in [0.05, 0.1) is 16.6 Å². The number of aromatic amines is 1. The molecular formula is C17H25N3. The molecule has 1 heterocycles. The average molecular weight is 271 g/mol. The van der Waals surface area contributed by atoms with Gasteiger partial charge in [-0.25, -0.2) is 4.98 Å². The van der Waals surface area contributed by atoms with Gasteiger partial charge in [-0.3, -0.25) is 0 Å². The van der Waals surface area contributed by atoms with Gasteiger partial charge in [-0.05, 0) is 62.6 Å². The van der Waals surface area contributed by atoms with Crippen molar-refractivity contribution in [3.8, 4) is 0 Å². The molecule has 0 unspecified atom stereocenters. The minimum atomic E-state index is -0.259. The van der Waals surface area contributed by atoms with Crippen LogP contribution in [-0.4, -0.2) is 9.97 Å². The molecule has 3 rings (SSSR count). The number of benzene rings is 1. The summed E-state index contributed by atoms with van der Waals surface area (Å²) in [4.78, 5) is 8.30. The van der Waals surface area contributed by atoms with E-state index in [0.29, 0.717) is 0 Å². The van der Waals surface area contributed by atoms with Crippen LogP contribution in [0.15, 0.2) is 12.1 Å². The summed E-state index contributed by atoms with van der Waals surface area (Å²) in [5, 5.41) is 0. The van der Waals surface area contributed by atoms with Gasteiger partial charge in [0.1, 0.15) is 5.82 Å². The summed E-state index contributed by atoms with van der Waals surface area (Å²) in [6.45, 7) is 6.52. The predicted molar refractivity (Wildman–Crippen MR) is 83.7 cm³/mol. The quantitative estimate of drug-likeness (QED) is 0.869. The Morgan fingerprint density at radius 3 is 2.65 bits per heavy atom. The first-order valence-corrected chi connectivity index (χ1v) is 7.78. The van der Waals surface area contributed by atoms with E-state index in [-0.39, 0.29) is 5.54 Å². The van der Waals surface area contributed by atoms with Gasteiger partial charge in [-0.15, -0.1) is 0 Å². The lowest BCUT2D eigenvalue weighted by molar-refractivity contribution is 0.223. The summed E-state index contributed by atoms with van der Waals surface area (Å²) < 4.78 is 0. The van der Waals surface area contributed by atoms with Crippen LogP contribution >= 0.6 is 0 Å². The lowest BCUT2D eigenvalue weighted by atomic mass is 9.76. The molecule has 0 amide bonds. The highest BCUT2D eigenvalue weighted by Gasteiger charge is 2.35. The van der Waals surface area contributed by atoms with Crippen LogP contribution in [0.25, 0.3) is 11.0 Å². The molecule has 0 atom stereocenters. The van der Waals surface area contributed by atoms with Crippen molar-refractivity contribution in [2.75, 3.05) is 0 Å². The Morgan fingerprint density at radius 2 is 2.00 bits per heavy atom. The molecule has 20 heavy (non-hydrogen) atoms. The molecule has 1 saturated carbocycles.